The summed E-state index contributed by atoms with van der Waals surface area (Å²) in [5.74, 6) is -0.462. The summed E-state index contributed by atoms with van der Waals surface area (Å²) < 4.78 is 29.7. The molecule has 0 radical (unpaired) electrons. The molecule has 0 fully saturated rings. The number of benzene rings is 3. The van der Waals surface area contributed by atoms with Gasteiger partial charge in [0.1, 0.15) is 0 Å². The number of anilines is 2. The molecular formula is C24H19N3O4S. The second-order valence-corrected chi connectivity index (χ2v) is 8.69. The number of carbonyl (C=O) groups is 2. The number of hydrogen-bond acceptors (Lipinski definition) is 5. The van der Waals surface area contributed by atoms with Crippen molar-refractivity contribution in [1.82, 2.24) is 0 Å². The van der Waals surface area contributed by atoms with Crippen LogP contribution in [0.15, 0.2) is 99.9 Å². The quantitative estimate of drug-likeness (QED) is 0.617. The summed E-state index contributed by atoms with van der Waals surface area (Å²) in [6.45, 7) is 1.42. The van der Waals surface area contributed by atoms with Crippen LogP contribution < -0.4 is 10.6 Å². The van der Waals surface area contributed by atoms with Gasteiger partial charge >= 0.3 is 0 Å². The highest BCUT2D eigenvalue weighted by molar-refractivity contribution is 7.90. The van der Waals surface area contributed by atoms with Gasteiger partial charge in [-0.15, -0.1) is 0 Å². The van der Waals surface area contributed by atoms with E-state index in [-0.39, 0.29) is 28.0 Å². The standard InChI is InChI=1S/C24H19N3O4S/c1-16(28)25-17-11-13-18(14-12-17)26-23-15-22(20-9-5-6-10-21(20)24(23)29)27-32(30,31)19-7-3-2-4-8-19/h2-15,26H,1H3,(H,25,28). The minimum atomic E-state index is -3.97. The molecule has 8 heteroatoms. The van der Waals surface area contributed by atoms with E-state index in [9.17, 15) is 18.0 Å². The Kier molecular flexibility index (Phi) is 5.70. The number of sulfonamides is 1. The predicted molar refractivity (Wildman–Crippen MR) is 123 cm³/mol. The SMILES string of the molecule is CC(=O)Nc1ccc(NC2=CC(=NS(=O)(=O)c3ccccc3)c3ccccc3C2=O)cc1. The van der Waals surface area contributed by atoms with Crippen LogP contribution in [0.4, 0.5) is 11.4 Å². The van der Waals surface area contributed by atoms with Gasteiger partial charge in [0.15, 0.2) is 0 Å². The van der Waals surface area contributed by atoms with Crippen molar-refractivity contribution in [2.24, 2.45) is 4.40 Å². The molecule has 0 aliphatic heterocycles. The molecule has 0 aromatic heterocycles. The third kappa shape index (κ3) is 4.50. The molecule has 0 atom stereocenters. The van der Waals surface area contributed by atoms with Gasteiger partial charge in [0.05, 0.1) is 16.3 Å². The summed E-state index contributed by atoms with van der Waals surface area (Å²) in [4.78, 5) is 24.3. The van der Waals surface area contributed by atoms with E-state index in [1.807, 2.05) is 0 Å². The summed E-state index contributed by atoms with van der Waals surface area (Å²) in [7, 11) is -3.97. The Morgan fingerprint density at radius 2 is 1.41 bits per heavy atom. The van der Waals surface area contributed by atoms with Gasteiger partial charge < -0.3 is 10.6 Å². The number of ketones is 1. The van der Waals surface area contributed by atoms with Gasteiger partial charge in [-0.25, -0.2) is 0 Å². The van der Waals surface area contributed by atoms with Crippen LogP contribution >= 0.6 is 0 Å². The molecule has 3 aromatic rings. The number of rotatable bonds is 5. The van der Waals surface area contributed by atoms with Gasteiger partial charge in [0.25, 0.3) is 10.0 Å². The van der Waals surface area contributed by atoms with Crippen LogP contribution in [0.1, 0.15) is 22.8 Å². The van der Waals surface area contributed by atoms with Gasteiger partial charge in [-0.2, -0.15) is 12.8 Å². The molecule has 2 N–H and O–H groups in total. The second-order valence-electron chi connectivity index (χ2n) is 7.08. The van der Waals surface area contributed by atoms with E-state index in [0.717, 1.165) is 0 Å². The first-order valence-corrected chi connectivity index (χ1v) is 11.2. The molecule has 0 saturated carbocycles. The first-order chi connectivity index (χ1) is 15.3. The number of fused-ring (bicyclic) bond motifs is 1. The van der Waals surface area contributed by atoms with E-state index in [0.29, 0.717) is 22.5 Å². The maximum atomic E-state index is 13.0. The van der Waals surface area contributed by atoms with Crippen LogP contribution in [0, 0.1) is 0 Å². The molecule has 0 saturated heterocycles. The lowest BCUT2D eigenvalue weighted by molar-refractivity contribution is -0.114. The molecule has 160 valence electrons. The Morgan fingerprint density at radius 1 is 0.812 bits per heavy atom. The molecule has 32 heavy (non-hydrogen) atoms. The largest absolute Gasteiger partial charge is 0.352 e. The van der Waals surface area contributed by atoms with Gasteiger partial charge in [-0.3, -0.25) is 9.59 Å². The van der Waals surface area contributed by atoms with Crippen molar-refractivity contribution in [3.05, 3.63) is 102 Å². The summed E-state index contributed by atoms with van der Waals surface area (Å²) in [6, 6.07) is 21.5. The van der Waals surface area contributed by atoms with Gasteiger partial charge in [-0.1, -0.05) is 42.5 Å². The van der Waals surface area contributed by atoms with E-state index in [4.69, 9.17) is 0 Å². The predicted octanol–water partition coefficient (Wildman–Crippen LogP) is 4.02. The highest BCUT2D eigenvalue weighted by Crippen LogP contribution is 2.25. The average Bonchev–Trinajstić information content (AvgIpc) is 2.78. The fourth-order valence-corrected chi connectivity index (χ4v) is 4.28. The zero-order valence-corrected chi connectivity index (χ0v) is 17.9. The molecule has 0 unspecified atom stereocenters. The minimum Gasteiger partial charge on any atom is -0.352 e. The van der Waals surface area contributed by atoms with Gasteiger partial charge in [0.2, 0.25) is 11.7 Å². The van der Waals surface area contributed by atoms with Crippen molar-refractivity contribution >= 4 is 38.8 Å². The summed E-state index contributed by atoms with van der Waals surface area (Å²) in [5, 5.41) is 5.70. The highest BCUT2D eigenvalue weighted by atomic mass is 32.2. The van der Waals surface area contributed by atoms with Crippen LogP contribution in [-0.4, -0.2) is 25.8 Å². The summed E-state index contributed by atoms with van der Waals surface area (Å²) in [5.41, 5.74) is 2.38. The fourth-order valence-electron chi connectivity index (χ4n) is 3.27. The summed E-state index contributed by atoms with van der Waals surface area (Å²) >= 11 is 0. The lowest BCUT2D eigenvalue weighted by atomic mass is 9.92. The molecule has 0 heterocycles. The van der Waals surface area contributed by atoms with E-state index in [1.54, 1.807) is 66.7 Å². The topological polar surface area (TPSA) is 105 Å². The van der Waals surface area contributed by atoms with Crippen molar-refractivity contribution in [2.45, 2.75) is 11.8 Å². The Bertz CT molecular complexity index is 1360. The van der Waals surface area contributed by atoms with Crippen LogP contribution in [0.3, 0.4) is 0 Å². The van der Waals surface area contributed by atoms with Gasteiger partial charge in [0, 0.05) is 29.4 Å². The van der Waals surface area contributed by atoms with Crippen molar-refractivity contribution in [2.75, 3.05) is 10.6 Å². The minimum absolute atomic E-state index is 0.0679. The first kappa shape index (κ1) is 21.2. The molecular weight excluding hydrogens is 426 g/mol. The normalized spacial score (nSPS) is 14.5. The van der Waals surface area contributed by atoms with Crippen LogP contribution in [0.25, 0.3) is 0 Å². The number of Topliss-reactive ketones (excluding diaryl/α,β-unsaturated/α-hetero) is 1. The molecule has 4 rings (SSSR count). The zero-order chi connectivity index (χ0) is 22.7. The van der Waals surface area contributed by atoms with Crippen molar-refractivity contribution in [1.29, 1.82) is 0 Å². The smallest absolute Gasteiger partial charge is 0.282 e. The summed E-state index contributed by atoms with van der Waals surface area (Å²) in [6.07, 6.45) is 1.44. The van der Waals surface area contributed by atoms with Crippen molar-refractivity contribution < 1.29 is 18.0 Å². The number of allylic oxidation sites excluding steroid dienone is 2. The van der Waals surface area contributed by atoms with Crippen LogP contribution in [0.2, 0.25) is 0 Å². The number of carbonyl (C=O) groups excluding carboxylic acids is 2. The molecule has 0 bridgehead atoms. The molecule has 3 aromatic carbocycles. The average molecular weight is 446 g/mol. The molecule has 1 amide bonds. The molecule has 0 spiro atoms. The Morgan fingerprint density at radius 3 is 2.06 bits per heavy atom. The second kappa shape index (κ2) is 8.60. The van der Waals surface area contributed by atoms with Crippen LogP contribution in [0.5, 0.6) is 0 Å². The third-order valence-electron chi connectivity index (χ3n) is 4.72. The van der Waals surface area contributed by atoms with E-state index < -0.39 is 10.0 Å². The molecule has 1 aliphatic carbocycles. The number of nitrogens with one attached hydrogen (secondary N) is 2. The van der Waals surface area contributed by atoms with Crippen LogP contribution in [-0.2, 0) is 14.8 Å². The fraction of sp³-hybridized carbons (Fsp3) is 0.0417. The van der Waals surface area contributed by atoms with E-state index in [1.165, 1.54) is 25.1 Å². The highest BCUT2D eigenvalue weighted by Gasteiger charge is 2.26. The van der Waals surface area contributed by atoms with Crippen molar-refractivity contribution in [3.8, 4) is 0 Å². The monoisotopic (exact) mass is 445 g/mol. The zero-order valence-electron chi connectivity index (χ0n) is 17.1. The maximum Gasteiger partial charge on any atom is 0.282 e. The number of amides is 1. The lowest BCUT2D eigenvalue weighted by Gasteiger charge is -2.19. The Labute approximate surface area is 185 Å². The maximum absolute atomic E-state index is 13.0. The third-order valence-corrected chi connectivity index (χ3v) is 6.02. The molecule has 1 aliphatic rings. The number of hydrogen-bond donors (Lipinski definition) is 2. The Balaban J connectivity index is 1.73. The molecule has 7 nitrogen and oxygen atoms in total. The number of nitrogens with zero attached hydrogens (tertiary/aromatic N) is 1. The Hall–Kier alpha value is -4.04. The van der Waals surface area contributed by atoms with Crippen molar-refractivity contribution in [3.63, 3.8) is 0 Å². The van der Waals surface area contributed by atoms with E-state index in [2.05, 4.69) is 15.0 Å². The first-order valence-electron chi connectivity index (χ1n) is 9.74. The van der Waals surface area contributed by atoms with Gasteiger partial charge in [-0.05, 0) is 42.5 Å². The van der Waals surface area contributed by atoms with E-state index >= 15 is 0 Å². The lowest BCUT2D eigenvalue weighted by Crippen LogP contribution is -2.22.